The summed E-state index contributed by atoms with van der Waals surface area (Å²) in [5.74, 6) is 0.789. The van der Waals surface area contributed by atoms with E-state index in [0.29, 0.717) is 6.17 Å². The van der Waals surface area contributed by atoms with E-state index in [9.17, 15) is 0 Å². The van der Waals surface area contributed by atoms with E-state index in [1.165, 1.54) is 37.2 Å². The molecule has 0 amide bonds. The van der Waals surface area contributed by atoms with Crippen molar-refractivity contribution < 1.29 is 0 Å². The molecular weight excluding hydrogens is 270 g/mol. The quantitative estimate of drug-likeness (QED) is 0.729. The van der Waals surface area contributed by atoms with Gasteiger partial charge in [0.2, 0.25) is 0 Å². The monoisotopic (exact) mass is 303 g/mol. The van der Waals surface area contributed by atoms with Gasteiger partial charge >= 0.3 is 0 Å². The Kier molecular flexibility index (Phi) is 6.56. The van der Waals surface area contributed by atoms with Crippen LogP contribution in [0.2, 0.25) is 0 Å². The topological polar surface area (TPSA) is 18.5 Å². The van der Waals surface area contributed by atoms with E-state index in [1.807, 2.05) is 0 Å². The minimum Gasteiger partial charge on any atom is -0.362 e. The van der Waals surface area contributed by atoms with Crippen LogP contribution in [0.3, 0.4) is 0 Å². The summed E-state index contributed by atoms with van der Waals surface area (Å²) in [5, 5.41) is 3.74. The SMILES string of the molecule is CCCC(CC)CN1c2ccccc2NC1CN(CC)CC. The smallest absolute Gasteiger partial charge is 0.112 e. The van der Waals surface area contributed by atoms with Crippen molar-refractivity contribution in [1.82, 2.24) is 4.90 Å². The van der Waals surface area contributed by atoms with Crippen LogP contribution in [0.15, 0.2) is 24.3 Å². The molecule has 0 spiro atoms. The van der Waals surface area contributed by atoms with Crippen LogP contribution in [-0.4, -0.2) is 37.2 Å². The molecule has 0 aliphatic carbocycles. The molecule has 22 heavy (non-hydrogen) atoms. The summed E-state index contributed by atoms with van der Waals surface area (Å²) in [7, 11) is 0. The Hall–Kier alpha value is -1.22. The van der Waals surface area contributed by atoms with Gasteiger partial charge in [0.1, 0.15) is 6.17 Å². The maximum atomic E-state index is 3.74. The maximum absolute atomic E-state index is 3.74. The summed E-state index contributed by atoms with van der Waals surface area (Å²) in [6.45, 7) is 13.6. The Morgan fingerprint density at radius 3 is 2.50 bits per heavy atom. The van der Waals surface area contributed by atoms with Crippen LogP contribution in [0.4, 0.5) is 11.4 Å². The third-order valence-electron chi connectivity index (χ3n) is 4.97. The Morgan fingerprint density at radius 2 is 1.86 bits per heavy atom. The van der Waals surface area contributed by atoms with Crippen molar-refractivity contribution >= 4 is 11.4 Å². The lowest BCUT2D eigenvalue weighted by atomic mass is 9.99. The average molecular weight is 303 g/mol. The molecule has 0 fully saturated rings. The number of para-hydroxylation sites is 2. The molecule has 0 saturated carbocycles. The molecule has 1 aliphatic rings. The maximum Gasteiger partial charge on any atom is 0.112 e. The lowest BCUT2D eigenvalue weighted by Gasteiger charge is -2.33. The van der Waals surface area contributed by atoms with Gasteiger partial charge in [0.25, 0.3) is 0 Å². The van der Waals surface area contributed by atoms with Crippen molar-refractivity contribution in [3.05, 3.63) is 24.3 Å². The molecule has 1 heterocycles. The molecule has 0 bridgehead atoms. The third kappa shape index (κ3) is 3.95. The summed E-state index contributed by atoms with van der Waals surface area (Å²) in [6.07, 6.45) is 4.28. The first-order valence-electron chi connectivity index (χ1n) is 9.07. The van der Waals surface area contributed by atoms with Crippen molar-refractivity contribution in [2.75, 3.05) is 36.4 Å². The van der Waals surface area contributed by atoms with Gasteiger partial charge in [-0.15, -0.1) is 0 Å². The van der Waals surface area contributed by atoms with Crippen LogP contribution >= 0.6 is 0 Å². The first kappa shape index (κ1) is 17.1. The molecule has 0 aromatic heterocycles. The number of anilines is 2. The highest BCUT2D eigenvalue weighted by Gasteiger charge is 2.30. The summed E-state index contributed by atoms with van der Waals surface area (Å²) < 4.78 is 0. The fourth-order valence-corrected chi connectivity index (χ4v) is 3.48. The molecule has 1 aromatic carbocycles. The Bertz CT molecular complexity index is 442. The zero-order chi connectivity index (χ0) is 15.9. The zero-order valence-corrected chi connectivity index (χ0v) is 14.8. The number of hydrogen-bond donors (Lipinski definition) is 1. The molecule has 3 nitrogen and oxygen atoms in total. The van der Waals surface area contributed by atoms with Gasteiger partial charge in [0.15, 0.2) is 0 Å². The highest BCUT2D eigenvalue weighted by molar-refractivity contribution is 5.76. The van der Waals surface area contributed by atoms with E-state index >= 15 is 0 Å². The average Bonchev–Trinajstić information content (AvgIpc) is 2.89. The number of hydrogen-bond acceptors (Lipinski definition) is 3. The van der Waals surface area contributed by atoms with Crippen LogP contribution in [0, 0.1) is 5.92 Å². The number of fused-ring (bicyclic) bond motifs is 1. The lowest BCUT2D eigenvalue weighted by Crippen LogP contribution is -2.46. The number of benzene rings is 1. The van der Waals surface area contributed by atoms with E-state index < -0.39 is 0 Å². The second-order valence-corrected chi connectivity index (χ2v) is 6.38. The largest absolute Gasteiger partial charge is 0.362 e. The molecule has 124 valence electrons. The number of nitrogens with zero attached hydrogens (tertiary/aromatic N) is 2. The van der Waals surface area contributed by atoms with Gasteiger partial charge in [0.05, 0.1) is 11.4 Å². The normalized spacial score (nSPS) is 18.4. The van der Waals surface area contributed by atoms with Crippen LogP contribution in [0.1, 0.15) is 47.0 Å². The van der Waals surface area contributed by atoms with Crippen molar-refractivity contribution in [1.29, 1.82) is 0 Å². The van der Waals surface area contributed by atoms with Crippen molar-refractivity contribution in [2.45, 2.75) is 53.1 Å². The van der Waals surface area contributed by atoms with Crippen molar-refractivity contribution in [3.63, 3.8) is 0 Å². The van der Waals surface area contributed by atoms with Crippen LogP contribution in [0.25, 0.3) is 0 Å². The van der Waals surface area contributed by atoms with Gasteiger partial charge in [-0.25, -0.2) is 0 Å². The number of likely N-dealkylation sites (N-methyl/N-ethyl adjacent to an activating group) is 1. The van der Waals surface area contributed by atoms with E-state index in [1.54, 1.807) is 0 Å². The molecule has 1 aliphatic heterocycles. The minimum absolute atomic E-state index is 0.406. The second kappa shape index (κ2) is 8.42. The predicted molar refractivity (Wildman–Crippen MR) is 97.7 cm³/mol. The van der Waals surface area contributed by atoms with E-state index in [2.05, 4.69) is 67.1 Å². The molecule has 2 unspecified atom stereocenters. The van der Waals surface area contributed by atoms with Crippen molar-refractivity contribution in [3.8, 4) is 0 Å². The summed E-state index contributed by atoms with van der Waals surface area (Å²) in [6, 6.07) is 8.77. The highest BCUT2D eigenvalue weighted by atomic mass is 15.4. The van der Waals surface area contributed by atoms with Crippen LogP contribution in [-0.2, 0) is 0 Å². The summed E-state index contributed by atoms with van der Waals surface area (Å²) in [5.41, 5.74) is 2.68. The van der Waals surface area contributed by atoms with E-state index in [0.717, 1.165) is 25.6 Å². The molecule has 0 saturated heterocycles. The molecule has 1 aromatic rings. The highest BCUT2D eigenvalue weighted by Crippen LogP contribution is 2.35. The standard InChI is InChI=1S/C19H33N3/c1-5-11-16(6-2)14-22-18-13-10-9-12-17(18)20-19(22)15-21(7-3)8-4/h9-10,12-13,16,19-20H,5-8,11,14-15H2,1-4H3. The zero-order valence-electron chi connectivity index (χ0n) is 14.8. The number of rotatable bonds is 9. The van der Waals surface area contributed by atoms with Crippen LogP contribution < -0.4 is 10.2 Å². The molecule has 2 rings (SSSR count). The van der Waals surface area contributed by atoms with Gasteiger partial charge in [-0.2, -0.15) is 0 Å². The fraction of sp³-hybridized carbons (Fsp3) is 0.684. The van der Waals surface area contributed by atoms with Crippen LogP contribution in [0.5, 0.6) is 0 Å². The first-order valence-corrected chi connectivity index (χ1v) is 9.07. The summed E-state index contributed by atoms with van der Waals surface area (Å²) in [4.78, 5) is 5.12. The second-order valence-electron chi connectivity index (χ2n) is 6.38. The molecule has 1 N–H and O–H groups in total. The van der Waals surface area contributed by atoms with E-state index in [-0.39, 0.29) is 0 Å². The Morgan fingerprint density at radius 1 is 1.14 bits per heavy atom. The molecule has 0 radical (unpaired) electrons. The number of nitrogens with one attached hydrogen (secondary N) is 1. The first-order chi connectivity index (χ1) is 10.7. The van der Waals surface area contributed by atoms with Gasteiger partial charge in [-0.1, -0.05) is 52.7 Å². The Labute approximate surface area is 136 Å². The fourth-order valence-electron chi connectivity index (χ4n) is 3.48. The Balaban J connectivity index is 2.15. The van der Waals surface area contributed by atoms with Gasteiger partial charge < -0.3 is 10.2 Å². The lowest BCUT2D eigenvalue weighted by molar-refractivity contribution is 0.284. The van der Waals surface area contributed by atoms with E-state index in [4.69, 9.17) is 0 Å². The summed E-state index contributed by atoms with van der Waals surface area (Å²) >= 11 is 0. The molecular formula is C19H33N3. The third-order valence-corrected chi connectivity index (χ3v) is 4.97. The van der Waals surface area contributed by atoms with Gasteiger partial charge in [-0.05, 0) is 37.6 Å². The van der Waals surface area contributed by atoms with Gasteiger partial charge in [0, 0.05) is 13.1 Å². The van der Waals surface area contributed by atoms with Gasteiger partial charge in [-0.3, -0.25) is 4.90 Å². The van der Waals surface area contributed by atoms with Crippen molar-refractivity contribution in [2.24, 2.45) is 5.92 Å². The molecule has 2 atom stereocenters. The predicted octanol–water partition coefficient (Wildman–Crippen LogP) is 4.41. The molecule has 3 heteroatoms. The minimum atomic E-state index is 0.406.